The second-order valence-corrected chi connectivity index (χ2v) is 10.1. The molecule has 1 fully saturated rings. The molecule has 1 aliphatic carbocycles. The molecular weight excluding hydrogens is 342 g/mol. The quantitative estimate of drug-likeness (QED) is 0.839. The van der Waals surface area contributed by atoms with Crippen molar-refractivity contribution in [1.82, 2.24) is 14.8 Å². The molecule has 0 unspecified atom stereocenters. The topological polar surface area (TPSA) is 64.8 Å². The molecule has 2 aliphatic rings. The Morgan fingerprint density at radius 2 is 2.04 bits per heavy atom. The molecule has 1 aliphatic heterocycles. The Morgan fingerprint density at radius 3 is 2.83 bits per heavy atom. The summed E-state index contributed by atoms with van der Waals surface area (Å²) in [5.41, 5.74) is 2.84. The van der Waals surface area contributed by atoms with Crippen LogP contribution in [-0.2, 0) is 23.3 Å². The molecule has 5 nitrogen and oxygen atoms in total. The summed E-state index contributed by atoms with van der Waals surface area (Å²) in [6.07, 6.45) is 4.14. The Balaban J connectivity index is 1.57. The van der Waals surface area contributed by atoms with E-state index < -0.39 is 9.84 Å². The molecule has 2 heterocycles. The SMILES string of the molecule is Cn1c(S[C@@H]2CCCc3ccccc32)nnc1[C@@H]1CCS(=O)(=O)C1. The van der Waals surface area contributed by atoms with E-state index in [9.17, 15) is 8.42 Å². The number of hydrogen-bond acceptors (Lipinski definition) is 5. The van der Waals surface area contributed by atoms with Crippen LogP contribution in [0.2, 0.25) is 0 Å². The molecule has 0 radical (unpaired) electrons. The van der Waals surface area contributed by atoms with Crippen LogP contribution < -0.4 is 0 Å². The maximum atomic E-state index is 11.7. The van der Waals surface area contributed by atoms with Crippen molar-refractivity contribution in [2.24, 2.45) is 7.05 Å². The summed E-state index contributed by atoms with van der Waals surface area (Å²) in [7, 11) is -0.951. The molecule has 0 amide bonds. The highest BCUT2D eigenvalue weighted by Gasteiger charge is 2.33. The van der Waals surface area contributed by atoms with Gasteiger partial charge in [-0.25, -0.2) is 8.42 Å². The van der Waals surface area contributed by atoms with E-state index in [-0.39, 0.29) is 17.4 Å². The largest absolute Gasteiger partial charge is 0.309 e. The fraction of sp³-hybridized carbons (Fsp3) is 0.529. The molecule has 7 heteroatoms. The van der Waals surface area contributed by atoms with Crippen molar-refractivity contribution in [1.29, 1.82) is 0 Å². The first-order chi connectivity index (χ1) is 11.5. The van der Waals surface area contributed by atoms with Crippen molar-refractivity contribution < 1.29 is 8.42 Å². The number of rotatable bonds is 3. The summed E-state index contributed by atoms with van der Waals surface area (Å²) in [6, 6.07) is 8.64. The molecule has 0 saturated carbocycles. The highest BCUT2D eigenvalue weighted by molar-refractivity contribution is 7.99. The van der Waals surface area contributed by atoms with Crippen LogP contribution in [0.1, 0.15) is 47.4 Å². The minimum absolute atomic E-state index is 0.0134. The van der Waals surface area contributed by atoms with Gasteiger partial charge < -0.3 is 4.57 Å². The van der Waals surface area contributed by atoms with Crippen molar-refractivity contribution in [3.05, 3.63) is 41.2 Å². The lowest BCUT2D eigenvalue weighted by Gasteiger charge is -2.24. The number of aryl methyl sites for hydroxylation is 1. The lowest BCUT2D eigenvalue weighted by atomic mass is 9.91. The van der Waals surface area contributed by atoms with Gasteiger partial charge in [0, 0.05) is 18.2 Å². The summed E-state index contributed by atoms with van der Waals surface area (Å²) in [4.78, 5) is 0. The minimum Gasteiger partial charge on any atom is -0.309 e. The second-order valence-electron chi connectivity index (χ2n) is 6.70. The molecule has 2 aromatic rings. The zero-order valence-electron chi connectivity index (χ0n) is 13.7. The van der Waals surface area contributed by atoms with E-state index in [0.29, 0.717) is 11.7 Å². The highest BCUT2D eigenvalue weighted by Crippen LogP contribution is 2.43. The van der Waals surface area contributed by atoms with E-state index in [0.717, 1.165) is 23.8 Å². The number of nitrogens with zero attached hydrogens (tertiary/aromatic N) is 3. The van der Waals surface area contributed by atoms with Gasteiger partial charge in [0.1, 0.15) is 5.82 Å². The maximum Gasteiger partial charge on any atom is 0.191 e. The van der Waals surface area contributed by atoms with Crippen LogP contribution in [-0.4, -0.2) is 34.7 Å². The second kappa shape index (κ2) is 6.19. The summed E-state index contributed by atoms with van der Waals surface area (Å²) in [6.45, 7) is 0. The molecule has 24 heavy (non-hydrogen) atoms. The fourth-order valence-corrected chi connectivity index (χ4v) is 6.72. The first-order valence-electron chi connectivity index (χ1n) is 8.38. The van der Waals surface area contributed by atoms with Crippen molar-refractivity contribution in [2.75, 3.05) is 11.5 Å². The monoisotopic (exact) mass is 363 g/mol. The van der Waals surface area contributed by atoms with Crippen LogP contribution in [0.5, 0.6) is 0 Å². The van der Waals surface area contributed by atoms with Crippen molar-refractivity contribution in [2.45, 2.75) is 42.0 Å². The normalized spacial score (nSPS) is 25.5. The van der Waals surface area contributed by atoms with Crippen LogP contribution >= 0.6 is 11.8 Å². The third-order valence-electron chi connectivity index (χ3n) is 5.03. The first kappa shape index (κ1) is 16.1. The van der Waals surface area contributed by atoms with E-state index in [1.165, 1.54) is 17.5 Å². The molecule has 0 N–H and O–H groups in total. The van der Waals surface area contributed by atoms with Gasteiger partial charge in [-0.05, 0) is 36.8 Å². The molecule has 2 atom stereocenters. The van der Waals surface area contributed by atoms with E-state index in [1.807, 2.05) is 11.6 Å². The van der Waals surface area contributed by atoms with Gasteiger partial charge in [-0.3, -0.25) is 0 Å². The molecule has 0 bridgehead atoms. The average Bonchev–Trinajstić information content (AvgIpc) is 3.10. The fourth-order valence-electron chi connectivity index (χ4n) is 3.74. The Morgan fingerprint density at radius 1 is 1.21 bits per heavy atom. The number of aromatic nitrogens is 3. The first-order valence-corrected chi connectivity index (χ1v) is 11.1. The number of fused-ring (bicyclic) bond motifs is 1. The van der Waals surface area contributed by atoms with Crippen LogP contribution in [0.15, 0.2) is 29.4 Å². The molecule has 1 saturated heterocycles. The average molecular weight is 364 g/mol. The maximum absolute atomic E-state index is 11.7. The summed E-state index contributed by atoms with van der Waals surface area (Å²) in [5.74, 6) is 1.27. The number of hydrogen-bond donors (Lipinski definition) is 0. The minimum atomic E-state index is -2.91. The Kier molecular flexibility index (Phi) is 4.16. The third kappa shape index (κ3) is 2.99. The molecular formula is C17H21N3O2S2. The van der Waals surface area contributed by atoms with Gasteiger partial charge in [0.15, 0.2) is 15.0 Å². The molecule has 128 valence electrons. The van der Waals surface area contributed by atoms with Crippen molar-refractivity contribution in [3.8, 4) is 0 Å². The van der Waals surface area contributed by atoms with Gasteiger partial charge >= 0.3 is 0 Å². The number of benzene rings is 1. The smallest absolute Gasteiger partial charge is 0.191 e. The van der Waals surface area contributed by atoms with E-state index >= 15 is 0 Å². The zero-order chi connectivity index (χ0) is 16.7. The Bertz CT molecular complexity index is 860. The summed E-state index contributed by atoms with van der Waals surface area (Å²) < 4.78 is 25.4. The van der Waals surface area contributed by atoms with Crippen LogP contribution in [0.25, 0.3) is 0 Å². The summed E-state index contributed by atoms with van der Waals surface area (Å²) >= 11 is 1.75. The van der Waals surface area contributed by atoms with Gasteiger partial charge in [0.25, 0.3) is 0 Å². The Labute approximate surface area is 146 Å². The summed E-state index contributed by atoms with van der Waals surface area (Å²) in [5, 5.41) is 9.95. The van der Waals surface area contributed by atoms with E-state index in [2.05, 4.69) is 34.5 Å². The van der Waals surface area contributed by atoms with Gasteiger partial charge in [0.05, 0.1) is 11.5 Å². The Hall–Kier alpha value is -1.34. The van der Waals surface area contributed by atoms with Crippen molar-refractivity contribution >= 4 is 21.6 Å². The number of thioether (sulfide) groups is 1. The third-order valence-corrected chi connectivity index (χ3v) is 8.14. The lowest BCUT2D eigenvalue weighted by Crippen LogP contribution is -2.10. The van der Waals surface area contributed by atoms with Crippen LogP contribution in [0.4, 0.5) is 0 Å². The highest BCUT2D eigenvalue weighted by atomic mass is 32.2. The predicted octanol–water partition coefficient (Wildman–Crippen LogP) is 2.89. The standard InChI is InChI=1S/C17H21N3O2S2/c1-20-16(13-9-10-24(21,22)11-13)18-19-17(20)23-15-8-4-6-12-5-2-3-7-14(12)15/h2-3,5,7,13,15H,4,6,8-11H2,1H3/t13-,15-/m1/s1. The molecule has 4 rings (SSSR count). The van der Waals surface area contributed by atoms with Gasteiger partial charge in [-0.2, -0.15) is 0 Å². The number of sulfone groups is 1. The van der Waals surface area contributed by atoms with Crippen molar-refractivity contribution in [3.63, 3.8) is 0 Å². The molecule has 1 aromatic heterocycles. The van der Waals surface area contributed by atoms with E-state index in [1.54, 1.807) is 11.8 Å². The predicted molar refractivity (Wildman–Crippen MR) is 95.0 cm³/mol. The lowest BCUT2D eigenvalue weighted by molar-refractivity contribution is 0.599. The molecule has 1 aromatic carbocycles. The van der Waals surface area contributed by atoms with Crippen LogP contribution in [0.3, 0.4) is 0 Å². The zero-order valence-corrected chi connectivity index (χ0v) is 15.3. The van der Waals surface area contributed by atoms with Gasteiger partial charge in [-0.1, -0.05) is 36.0 Å². The van der Waals surface area contributed by atoms with Crippen LogP contribution in [0, 0.1) is 0 Å². The van der Waals surface area contributed by atoms with Gasteiger partial charge in [-0.15, -0.1) is 10.2 Å². The molecule has 0 spiro atoms. The van der Waals surface area contributed by atoms with E-state index in [4.69, 9.17) is 0 Å². The van der Waals surface area contributed by atoms with Gasteiger partial charge in [0.2, 0.25) is 0 Å².